The molecule has 132 valence electrons. The van der Waals surface area contributed by atoms with Crippen LogP contribution in [0.25, 0.3) is 10.7 Å². The second kappa shape index (κ2) is 7.12. The molecule has 4 rings (SSSR count). The van der Waals surface area contributed by atoms with Crippen LogP contribution in [-0.2, 0) is 0 Å². The van der Waals surface area contributed by atoms with E-state index in [0.29, 0.717) is 30.3 Å². The minimum absolute atomic E-state index is 0.105. The van der Waals surface area contributed by atoms with Crippen LogP contribution in [0.4, 0.5) is 0 Å². The van der Waals surface area contributed by atoms with E-state index in [1.807, 2.05) is 5.38 Å². The van der Waals surface area contributed by atoms with E-state index in [9.17, 15) is 9.59 Å². The van der Waals surface area contributed by atoms with Crippen LogP contribution in [-0.4, -0.2) is 48.8 Å². The van der Waals surface area contributed by atoms with Crippen molar-refractivity contribution in [1.82, 2.24) is 29.8 Å². The highest BCUT2D eigenvalue weighted by Crippen LogP contribution is 2.27. The first-order valence-electron chi connectivity index (χ1n) is 8.27. The quantitative estimate of drug-likeness (QED) is 0.754. The van der Waals surface area contributed by atoms with Gasteiger partial charge in [0.05, 0.1) is 6.20 Å². The van der Waals surface area contributed by atoms with Crippen LogP contribution in [0.3, 0.4) is 0 Å². The standard InChI is InChI=1S/C17H16N6O2S/c24-14-9-12(16-20-5-8-26-16)21-15(22-14)11-1-6-23(7-2-11)17(25)13-10-18-3-4-19-13/h3-5,8-11H,1-2,6-7H2,(H,21,22,24). The summed E-state index contributed by atoms with van der Waals surface area (Å²) in [6.07, 6.45) is 7.69. The first-order valence-corrected chi connectivity index (χ1v) is 9.15. The topological polar surface area (TPSA) is 105 Å². The fourth-order valence-electron chi connectivity index (χ4n) is 3.06. The molecule has 26 heavy (non-hydrogen) atoms. The molecule has 1 saturated heterocycles. The monoisotopic (exact) mass is 368 g/mol. The summed E-state index contributed by atoms with van der Waals surface area (Å²) in [5.74, 6) is 0.650. The highest BCUT2D eigenvalue weighted by atomic mass is 32.1. The van der Waals surface area contributed by atoms with Gasteiger partial charge in [-0.05, 0) is 12.8 Å². The zero-order valence-corrected chi connectivity index (χ0v) is 14.6. The highest BCUT2D eigenvalue weighted by Gasteiger charge is 2.27. The van der Waals surface area contributed by atoms with Crippen molar-refractivity contribution in [2.75, 3.05) is 13.1 Å². The Hall–Kier alpha value is -2.94. The number of hydrogen-bond donors (Lipinski definition) is 1. The van der Waals surface area contributed by atoms with Gasteiger partial charge < -0.3 is 9.88 Å². The van der Waals surface area contributed by atoms with Crippen LogP contribution < -0.4 is 5.56 Å². The van der Waals surface area contributed by atoms with E-state index >= 15 is 0 Å². The maximum atomic E-state index is 12.4. The van der Waals surface area contributed by atoms with Gasteiger partial charge in [0.25, 0.3) is 11.5 Å². The SMILES string of the molecule is O=C(c1cnccn1)N1CCC(c2nc(-c3nccs3)cc(=O)[nH]2)CC1. The molecule has 0 aliphatic carbocycles. The molecule has 8 nitrogen and oxygen atoms in total. The molecule has 0 radical (unpaired) electrons. The van der Waals surface area contributed by atoms with E-state index in [-0.39, 0.29) is 17.4 Å². The van der Waals surface area contributed by atoms with Gasteiger partial charge in [0, 0.05) is 49.0 Å². The molecule has 0 atom stereocenters. The average Bonchev–Trinajstić information content (AvgIpc) is 3.23. The number of thiazole rings is 1. The van der Waals surface area contributed by atoms with Gasteiger partial charge in [-0.2, -0.15) is 0 Å². The van der Waals surface area contributed by atoms with Crippen molar-refractivity contribution >= 4 is 17.2 Å². The zero-order chi connectivity index (χ0) is 17.9. The third-order valence-electron chi connectivity index (χ3n) is 4.36. The molecular formula is C17H16N6O2S. The average molecular weight is 368 g/mol. The number of aromatic nitrogens is 5. The van der Waals surface area contributed by atoms with Gasteiger partial charge in [-0.25, -0.2) is 15.0 Å². The third kappa shape index (κ3) is 3.38. The Balaban J connectivity index is 1.48. The van der Waals surface area contributed by atoms with Crippen LogP contribution in [0.5, 0.6) is 0 Å². The van der Waals surface area contributed by atoms with Gasteiger partial charge in [0.15, 0.2) is 0 Å². The Morgan fingerprint density at radius 2 is 2.04 bits per heavy atom. The minimum Gasteiger partial charge on any atom is -0.337 e. The first kappa shape index (κ1) is 16.5. The molecule has 0 spiro atoms. The van der Waals surface area contributed by atoms with E-state index in [1.165, 1.54) is 29.8 Å². The summed E-state index contributed by atoms with van der Waals surface area (Å²) >= 11 is 1.45. The van der Waals surface area contributed by atoms with Gasteiger partial charge in [-0.3, -0.25) is 14.6 Å². The minimum atomic E-state index is -0.182. The molecule has 9 heteroatoms. The maximum absolute atomic E-state index is 12.4. The van der Waals surface area contributed by atoms with Crippen molar-refractivity contribution in [3.05, 3.63) is 58.1 Å². The highest BCUT2D eigenvalue weighted by molar-refractivity contribution is 7.13. The molecule has 0 unspecified atom stereocenters. The fourth-order valence-corrected chi connectivity index (χ4v) is 3.65. The van der Waals surface area contributed by atoms with E-state index in [1.54, 1.807) is 17.3 Å². The van der Waals surface area contributed by atoms with Crippen molar-refractivity contribution < 1.29 is 4.79 Å². The molecule has 1 aliphatic rings. The van der Waals surface area contributed by atoms with E-state index in [2.05, 4.69) is 24.9 Å². The van der Waals surface area contributed by atoms with Crippen LogP contribution in [0.15, 0.2) is 41.0 Å². The van der Waals surface area contributed by atoms with Crippen molar-refractivity contribution in [3.63, 3.8) is 0 Å². The lowest BCUT2D eigenvalue weighted by Crippen LogP contribution is -2.38. The largest absolute Gasteiger partial charge is 0.337 e. The van der Waals surface area contributed by atoms with Crippen molar-refractivity contribution in [2.45, 2.75) is 18.8 Å². The van der Waals surface area contributed by atoms with E-state index < -0.39 is 0 Å². The Labute approximate surface area is 153 Å². The Bertz CT molecular complexity index is 949. The molecule has 1 amide bonds. The Morgan fingerprint density at radius 3 is 2.73 bits per heavy atom. The number of amides is 1. The van der Waals surface area contributed by atoms with E-state index in [4.69, 9.17) is 0 Å². The lowest BCUT2D eigenvalue weighted by molar-refractivity contribution is 0.0704. The molecule has 3 aromatic rings. The number of piperidine rings is 1. The first-order chi connectivity index (χ1) is 12.7. The number of likely N-dealkylation sites (tertiary alicyclic amines) is 1. The maximum Gasteiger partial charge on any atom is 0.274 e. The second-order valence-electron chi connectivity index (χ2n) is 6.01. The summed E-state index contributed by atoms with van der Waals surface area (Å²) in [5, 5.41) is 2.58. The Kier molecular flexibility index (Phi) is 4.53. The van der Waals surface area contributed by atoms with Crippen molar-refractivity contribution in [3.8, 4) is 10.7 Å². The normalized spacial score (nSPS) is 15.2. The van der Waals surface area contributed by atoms with Gasteiger partial charge in [0.1, 0.15) is 22.2 Å². The Morgan fingerprint density at radius 1 is 1.19 bits per heavy atom. The summed E-state index contributed by atoms with van der Waals surface area (Å²) in [6.45, 7) is 1.18. The molecule has 1 aliphatic heterocycles. The number of carbonyl (C=O) groups excluding carboxylic acids is 1. The number of rotatable bonds is 3. The van der Waals surface area contributed by atoms with Gasteiger partial charge in [-0.15, -0.1) is 11.3 Å². The summed E-state index contributed by atoms with van der Waals surface area (Å²) in [4.78, 5) is 45.9. The van der Waals surface area contributed by atoms with Gasteiger partial charge in [0.2, 0.25) is 0 Å². The van der Waals surface area contributed by atoms with Crippen LogP contribution in [0.1, 0.15) is 35.1 Å². The van der Waals surface area contributed by atoms with Gasteiger partial charge >= 0.3 is 0 Å². The number of hydrogen-bond acceptors (Lipinski definition) is 7. The van der Waals surface area contributed by atoms with Crippen molar-refractivity contribution in [2.24, 2.45) is 0 Å². The second-order valence-corrected chi connectivity index (χ2v) is 6.90. The lowest BCUT2D eigenvalue weighted by atomic mass is 9.95. The number of nitrogens with zero attached hydrogens (tertiary/aromatic N) is 5. The molecule has 3 aromatic heterocycles. The third-order valence-corrected chi connectivity index (χ3v) is 5.16. The number of nitrogens with one attached hydrogen (secondary N) is 1. The smallest absolute Gasteiger partial charge is 0.274 e. The predicted molar refractivity (Wildman–Crippen MR) is 95.9 cm³/mol. The molecule has 1 fully saturated rings. The molecule has 0 saturated carbocycles. The molecule has 4 heterocycles. The zero-order valence-electron chi connectivity index (χ0n) is 13.8. The summed E-state index contributed by atoms with van der Waals surface area (Å²) < 4.78 is 0. The van der Waals surface area contributed by atoms with Gasteiger partial charge in [-0.1, -0.05) is 0 Å². The van der Waals surface area contributed by atoms with Crippen LogP contribution >= 0.6 is 11.3 Å². The summed E-state index contributed by atoms with van der Waals surface area (Å²) in [5.41, 5.74) is 0.762. The fraction of sp³-hybridized carbons (Fsp3) is 0.294. The summed E-state index contributed by atoms with van der Waals surface area (Å²) in [7, 11) is 0. The summed E-state index contributed by atoms with van der Waals surface area (Å²) in [6, 6.07) is 1.47. The van der Waals surface area contributed by atoms with Crippen LogP contribution in [0.2, 0.25) is 0 Å². The molecule has 0 bridgehead atoms. The molecule has 1 N–H and O–H groups in total. The van der Waals surface area contributed by atoms with Crippen LogP contribution in [0, 0.1) is 0 Å². The lowest BCUT2D eigenvalue weighted by Gasteiger charge is -2.31. The van der Waals surface area contributed by atoms with Crippen molar-refractivity contribution in [1.29, 1.82) is 0 Å². The number of carbonyl (C=O) groups is 1. The number of H-pyrrole nitrogens is 1. The van der Waals surface area contributed by atoms with E-state index in [0.717, 1.165) is 17.8 Å². The molecule has 0 aromatic carbocycles. The number of aromatic amines is 1. The molecular weight excluding hydrogens is 352 g/mol. The predicted octanol–water partition coefficient (Wildman–Crippen LogP) is 1.70.